The summed E-state index contributed by atoms with van der Waals surface area (Å²) in [6.45, 7) is 12.9. The van der Waals surface area contributed by atoms with Gasteiger partial charge in [0, 0.05) is 0 Å². The molecule has 0 bridgehead atoms. The normalized spacial score (nSPS) is 10.9. The lowest BCUT2D eigenvalue weighted by molar-refractivity contribution is -0.142. The average molecular weight is 212 g/mol. The van der Waals surface area contributed by atoms with Crippen LogP contribution in [0.4, 0.5) is 0 Å². The van der Waals surface area contributed by atoms with E-state index in [-0.39, 0.29) is 5.92 Å². The first-order chi connectivity index (χ1) is 6.99. The second-order valence-electron chi connectivity index (χ2n) is 3.64. The summed E-state index contributed by atoms with van der Waals surface area (Å²) in [5.74, 6) is -0.754. The molecule has 0 fully saturated rings. The van der Waals surface area contributed by atoms with Crippen LogP contribution in [0.1, 0.15) is 46.5 Å². The Morgan fingerprint density at radius 3 is 2.13 bits per heavy atom. The summed E-state index contributed by atoms with van der Waals surface area (Å²) < 4.78 is 0. The van der Waals surface area contributed by atoms with Gasteiger partial charge in [0.2, 0.25) is 0 Å². The van der Waals surface area contributed by atoms with Crippen molar-refractivity contribution < 1.29 is 9.90 Å². The van der Waals surface area contributed by atoms with Gasteiger partial charge in [-0.2, -0.15) is 0 Å². The molecule has 0 spiro atoms. The molecule has 0 rings (SSSR count). The Morgan fingerprint density at radius 1 is 1.47 bits per heavy atom. The van der Waals surface area contributed by atoms with E-state index < -0.39 is 5.97 Å². The van der Waals surface area contributed by atoms with E-state index in [0.29, 0.717) is 0 Å². The highest BCUT2D eigenvalue weighted by atomic mass is 16.4. The smallest absolute Gasteiger partial charge is 0.306 e. The maximum absolute atomic E-state index is 10.4. The minimum atomic E-state index is -0.643. The molecule has 0 saturated carbocycles. The van der Waals surface area contributed by atoms with Gasteiger partial charge in [0.1, 0.15) is 0 Å². The first kappa shape index (κ1) is 16.4. The minimum Gasteiger partial charge on any atom is -0.481 e. The molecule has 88 valence electrons. The zero-order chi connectivity index (χ0) is 12.3. The van der Waals surface area contributed by atoms with E-state index in [4.69, 9.17) is 5.11 Å². The van der Waals surface area contributed by atoms with Crippen molar-refractivity contribution in [1.82, 2.24) is 0 Å². The van der Waals surface area contributed by atoms with Crippen molar-refractivity contribution in [2.75, 3.05) is 0 Å². The van der Waals surface area contributed by atoms with Gasteiger partial charge >= 0.3 is 5.97 Å². The molecule has 1 atom stereocenters. The van der Waals surface area contributed by atoms with E-state index in [1.165, 1.54) is 0 Å². The molecule has 1 N–H and O–H groups in total. The molecule has 0 aliphatic heterocycles. The second-order valence-corrected chi connectivity index (χ2v) is 3.64. The average Bonchev–Trinajstić information content (AvgIpc) is 2.19. The maximum atomic E-state index is 10.4. The maximum Gasteiger partial charge on any atom is 0.306 e. The number of aliphatic carboxylic acids is 1. The molecule has 0 aliphatic rings. The molecule has 0 aromatic heterocycles. The predicted octanol–water partition coefficient (Wildman–Crippen LogP) is 4.04. The lowest BCUT2D eigenvalue weighted by Crippen LogP contribution is -2.11. The Hall–Kier alpha value is -1.05. The van der Waals surface area contributed by atoms with Crippen molar-refractivity contribution >= 4 is 5.97 Å². The zero-order valence-electron chi connectivity index (χ0n) is 10.3. The van der Waals surface area contributed by atoms with Crippen LogP contribution < -0.4 is 0 Å². The molecule has 0 radical (unpaired) electrons. The molecule has 0 aromatic rings. The third-order valence-corrected chi connectivity index (χ3v) is 2.10. The van der Waals surface area contributed by atoms with Gasteiger partial charge < -0.3 is 5.11 Å². The van der Waals surface area contributed by atoms with Gasteiger partial charge in [-0.3, -0.25) is 4.79 Å². The lowest BCUT2D eigenvalue weighted by Gasteiger charge is -2.06. The van der Waals surface area contributed by atoms with Gasteiger partial charge in [-0.05, 0) is 19.8 Å². The number of allylic oxidation sites excluding steroid dienone is 2. The van der Waals surface area contributed by atoms with Crippen molar-refractivity contribution in [3.63, 3.8) is 0 Å². The largest absolute Gasteiger partial charge is 0.481 e. The van der Waals surface area contributed by atoms with Gasteiger partial charge in [0.05, 0.1) is 5.92 Å². The third kappa shape index (κ3) is 12.9. The quantitative estimate of drug-likeness (QED) is 0.675. The van der Waals surface area contributed by atoms with Crippen LogP contribution in [0.25, 0.3) is 0 Å². The molecule has 1 unspecified atom stereocenters. The lowest BCUT2D eigenvalue weighted by atomic mass is 10.00. The van der Waals surface area contributed by atoms with E-state index in [1.807, 2.05) is 13.8 Å². The number of carboxylic acid groups (broad SMARTS) is 1. The van der Waals surface area contributed by atoms with Crippen LogP contribution in [0.15, 0.2) is 24.8 Å². The van der Waals surface area contributed by atoms with Crippen molar-refractivity contribution in [2.24, 2.45) is 5.92 Å². The molecular weight excluding hydrogens is 188 g/mol. The first-order valence-electron chi connectivity index (χ1n) is 5.50. The van der Waals surface area contributed by atoms with E-state index in [2.05, 4.69) is 20.1 Å². The highest BCUT2D eigenvalue weighted by molar-refractivity contribution is 5.69. The fraction of sp³-hybridized carbons (Fsp3) is 0.615. The number of hydrogen-bond acceptors (Lipinski definition) is 1. The summed E-state index contributed by atoms with van der Waals surface area (Å²) in [6.07, 6.45) is 5.44. The molecule has 0 heterocycles. The van der Waals surface area contributed by atoms with Gasteiger partial charge in [-0.1, -0.05) is 51.5 Å². The number of carbonyl (C=O) groups is 1. The number of carboxylic acids is 1. The number of hydrogen-bond donors (Lipinski definition) is 1. The molecule has 0 saturated heterocycles. The molecule has 0 aromatic carbocycles. The fourth-order valence-electron chi connectivity index (χ4n) is 0.953. The first-order valence-corrected chi connectivity index (χ1v) is 5.50. The molecular formula is C13H24O2. The number of rotatable bonds is 6. The van der Waals surface area contributed by atoms with Crippen LogP contribution in [-0.2, 0) is 4.79 Å². The van der Waals surface area contributed by atoms with Crippen LogP contribution >= 0.6 is 0 Å². The number of unbranched alkanes of at least 4 members (excludes halogenated alkanes) is 1. The summed E-state index contributed by atoms with van der Waals surface area (Å²) in [5, 5.41) is 8.60. The van der Waals surface area contributed by atoms with Crippen molar-refractivity contribution in [1.29, 1.82) is 0 Å². The topological polar surface area (TPSA) is 37.3 Å². The Kier molecular flexibility index (Phi) is 12.0. The van der Waals surface area contributed by atoms with Crippen molar-refractivity contribution in [3.05, 3.63) is 24.8 Å². The summed E-state index contributed by atoms with van der Waals surface area (Å²) in [5.41, 5.74) is 1.02. The predicted molar refractivity (Wildman–Crippen MR) is 66.0 cm³/mol. The monoisotopic (exact) mass is 212 g/mol. The SMILES string of the molecule is C=CC(=C)C.CCCCC(CC)C(=O)O. The van der Waals surface area contributed by atoms with Gasteiger partial charge in [0.15, 0.2) is 0 Å². The van der Waals surface area contributed by atoms with Crippen LogP contribution in [0.3, 0.4) is 0 Å². The molecule has 15 heavy (non-hydrogen) atoms. The third-order valence-electron chi connectivity index (χ3n) is 2.10. The Labute approximate surface area is 93.7 Å². The molecule has 0 amide bonds. The van der Waals surface area contributed by atoms with E-state index in [1.54, 1.807) is 6.08 Å². The Bertz CT molecular complexity index is 195. The Balaban J connectivity index is 0. The van der Waals surface area contributed by atoms with E-state index in [9.17, 15) is 4.79 Å². The van der Waals surface area contributed by atoms with E-state index in [0.717, 1.165) is 31.3 Å². The van der Waals surface area contributed by atoms with Crippen LogP contribution in [0.2, 0.25) is 0 Å². The van der Waals surface area contributed by atoms with Crippen LogP contribution in [0, 0.1) is 5.92 Å². The zero-order valence-corrected chi connectivity index (χ0v) is 10.3. The molecule has 2 nitrogen and oxygen atoms in total. The van der Waals surface area contributed by atoms with Crippen molar-refractivity contribution in [2.45, 2.75) is 46.5 Å². The van der Waals surface area contributed by atoms with Crippen LogP contribution in [-0.4, -0.2) is 11.1 Å². The summed E-state index contributed by atoms with van der Waals surface area (Å²) in [4.78, 5) is 10.4. The molecule has 0 aliphatic carbocycles. The summed E-state index contributed by atoms with van der Waals surface area (Å²) in [6, 6.07) is 0. The second kappa shape index (κ2) is 11.0. The summed E-state index contributed by atoms with van der Waals surface area (Å²) >= 11 is 0. The highest BCUT2D eigenvalue weighted by Gasteiger charge is 2.12. The van der Waals surface area contributed by atoms with E-state index >= 15 is 0 Å². The minimum absolute atomic E-state index is 0.111. The standard InChI is InChI=1S/C8H16O2.C5H8/c1-3-5-6-7(4-2)8(9)10;1-4-5(2)3/h7H,3-6H2,1-2H3,(H,9,10);4H,1-2H2,3H3. The van der Waals surface area contributed by atoms with Gasteiger partial charge in [0.25, 0.3) is 0 Å². The van der Waals surface area contributed by atoms with Crippen molar-refractivity contribution in [3.8, 4) is 0 Å². The summed E-state index contributed by atoms with van der Waals surface area (Å²) in [7, 11) is 0. The fourth-order valence-corrected chi connectivity index (χ4v) is 0.953. The van der Waals surface area contributed by atoms with Gasteiger partial charge in [-0.25, -0.2) is 0 Å². The van der Waals surface area contributed by atoms with Crippen LogP contribution in [0.5, 0.6) is 0 Å². The highest BCUT2D eigenvalue weighted by Crippen LogP contribution is 2.11. The van der Waals surface area contributed by atoms with Gasteiger partial charge in [-0.15, -0.1) is 0 Å². The Morgan fingerprint density at radius 2 is 1.93 bits per heavy atom. The molecule has 2 heteroatoms.